The van der Waals surface area contributed by atoms with Gasteiger partial charge in [0.2, 0.25) is 10.0 Å². The minimum atomic E-state index is -3.57. The Balaban J connectivity index is 1.87. The molecule has 1 aromatic carbocycles. The van der Waals surface area contributed by atoms with E-state index < -0.39 is 16.1 Å². The zero-order valence-corrected chi connectivity index (χ0v) is 21.2. The molecule has 1 atom stereocenters. The summed E-state index contributed by atoms with van der Waals surface area (Å²) in [7, 11) is -2.01. The molecule has 0 fully saturated rings. The van der Waals surface area contributed by atoms with E-state index in [4.69, 9.17) is 9.72 Å². The van der Waals surface area contributed by atoms with Gasteiger partial charge in [0.15, 0.2) is 0 Å². The van der Waals surface area contributed by atoms with Crippen LogP contribution >= 0.6 is 0 Å². The number of pyridine rings is 2. The second-order valence-electron chi connectivity index (χ2n) is 8.47. The van der Waals surface area contributed by atoms with Gasteiger partial charge in [-0.2, -0.15) is 4.31 Å². The first-order valence-corrected chi connectivity index (χ1v) is 13.4. The molecule has 0 unspecified atom stereocenters. The summed E-state index contributed by atoms with van der Waals surface area (Å²) in [5, 5.41) is 12.6. The largest absolute Gasteiger partial charge is 0.396 e. The molecule has 190 valence electrons. The normalized spacial score (nSPS) is 15.6. The molecule has 0 saturated carbocycles. The van der Waals surface area contributed by atoms with Crippen molar-refractivity contribution in [2.45, 2.75) is 25.9 Å². The summed E-state index contributed by atoms with van der Waals surface area (Å²) in [6.07, 6.45) is 3.66. The van der Waals surface area contributed by atoms with Crippen molar-refractivity contribution in [1.82, 2.24) is 19.6 Å². The first-order chi connectivity index (χ1) is 17.4. The minimum absolute atomic E-state index is 0.0619. The van der Waals surface area contributed by atoms with Crippen molar-refractivity contribution in [3.8, 4) is 22.4 Å². The van der Waals surface area contributed by atoms with Crippen molar-refractivity contribution >= 4 is 15.9 Å². The van der Waals surface area contributed by atoms with Gasteiger partial charge in [-0.3, -0.25) is 9.78 Å². The number of methoxy groups -OCH3 is 1. The fourth-order valence-corrected chi connectivity index (χ4v) is 5.75. The number of carbonyl (C=O) groups excluding carboxylic acids is 1. The lowest BCUT2D eigenvalue weighted by molar-refractivity contribution is 0.0932. The zero-order chi connectivity index (χ0) is 25.7. The Morgan fingerprint density at radius 3 is 2.61 bits per heavy atom. The smallest absolute Gasteiger partial charge is 0.269 e. The molecule has 2 aromatic heterocycles. The third-order valence-corrected chi connectivity index (χ3v) is 8.08. The second-order valence-corrected chi connectivity index (χ2v) is 10.7. The Kier molecular flexibility index (Phi) is 8.10. The van der Waals surface area contributed by atoms with Gasteiger partial charge in [0.25, 0.3) is 5.91 Å². The third kappa shape index (κ3) is 5.31. The van der Waals surface area contributed by atoms with Gasteiger partial charge in [-0.05, 0) is 54.3 Å². The van der Waals surface area contributed by atoms with Gasteiger partial charge in [0, 0.05) is 50.3 Å². The first-order valence-electron chi connectivity index (χ1n) is 11.8. The summed E-state index contributed by atoms with van der Waals surface area (Å²) >= 11 is 0. The summed E-state index contributed by atoms with van der Waals surface area (Å²) in [6, 6.07) is 12.6. The predicted molar refractivity (Wildman–Crippen MR) is 137 cm³/mol. The Morgan fingerprint density at radius 2 is 1.92 bits per heavy atom. The number of nitrogens with zero attached hydrogens (tertiary/aromatic N) is 3. The highest BCUT2D eigenvalue weighted by Crippen LogP contribution is 2.43. The van der Waals surface area contributed by atoms with Crippen LogP contribution in [0.3, 0.4) is 0 Å². The number of hydrogen-bond acceptors (Lipinski definition) is 7. The quantitative estimate of drug-likeness (QED) is 0.402. The van der Waals surface area contributed by atoms with Crippen LogP contribution in [0.5, 0.6) is 0 Å². The molecule has 1 aliphatic rings. The minimum Gasteiger partial charge on any atom is -0.396 e. The molecule has 1 amide bonds. The summed E-state index contributed by atoms with van der Waals surface area (Å²) in [4.78, 5) is 21.7. The molecule has 10 heteroatoms. The number of hydrogen-bond donors (Lipinski definition) is 2. The fraction of sp³-hybridized carbons (Fsp3) is 0.346. The third-order valence-electron chi connectivity index (χ3n) is 6.25. The number of aliphatic hydroxyl groups is 1. The van der Waals surface area contributed by atoms with Crippen LogP contribution < -0.4 is 5.32 Å². The molecule has 2 N–H and O–H groups in total. The summed E-state index contributed by atoms with van der Waals surface area (Å²) in [6.45, 7) is 2.22. The van der Waals surface area contributed by atoms with Gasteiger partial charge in [0.1, 0.15) is 5.69 Å². The number of sulfonamides is 1. The van der Waals surface area contributed by atoms with E-state index in [-0.39, 0.29) is 36.9 Å². The molecule has 0 aliphatic carbocycles. The van der Waals surface area contributed by atoms with Crippen LogP contribution in [0, 0.1) is 0 Å². The maximum Gasteiger partial charge on any atom is 0.269 e. The number of aliphatic hydroxyl groups excluding tert-OH is 1. The van der Waals surface area contributed by atoms with E-state index in [1.54, 1.807) is 32.5 Å². The Labute approximate surface area is 211 Å². The average Bonchev–Trinajstić information content (AvgIpc) is 3.28. The molecule has 4 rings (SSSR count). The van der Waals surface area contributed by atoms with Crippen LogP contribution in [0.25, 0.3) is 22.4 Å². The lowest BCUT2D eigenvalue weighted by Crippen LogP contribution is -2.31. The topological polar surface area (TPSA) is 122 Å². The highest BCUT2D eigenvalue weighted by molar-refractivity contribution is 7.89. The SMILES string of the molecule is CCS(=O)(=O)N1Cc2cc(C(=O)NCCOC)nc(-c3cccc(-c4ccncc4)c3)c2[C@@H]1CCO. The van der Waals surface area contributed by atoms with Crippen LogP contribution in [0.1, 0.15) is 41.0 Å². The van der Waals surface area contributed by atoms with E-state index in [1.165, 1.54) is 4.31 Å². The van der Waals surface area contributed by atoms with Gasteiger partial charge >= 0.3 is 0 Å². The molecule has 0 spiro atoms. The van der Waals surface area contributed by atoms with E-state index >= 15 is 0 Å². The van der Waals surface area contributed by atoms with Crippen LogP contribution in [0.15, 0.2) is 54.9 Å². The number of carbonyl (C=O) groups is 1. The van der Waals surface area contributed by atoms with Crippen molar-refractivity contribution in [2.24, 2.45) is 0 Å². The maximum absolute atomic E-state index is 13.0. The number of ether oxygens (including phenoxy) is 1. The molecule has 1 aliphatic heterocycles. The van der Waals surface area contributed by atoms with Crippen molar-refractivity contribution in [1.29, 1.82) is 0 Å². The first kappa shape index (κ1) is 25.9. The summed E-state index contributed by atoms with van der Waals surface area (Å²) < 4.78 is 32.4. The van der Waals surface area contributed by atoms with Crippen molar-refractivity contribution in [2.75, 3.05) is 32.6 Å². The Hall–Kier alpha value is -3.18. The number of fused-ring (bicyclic) bond motifs is 1. The number of amides is 1. The predicted octanol–water partition coefficient (Wildman–Crippen LogP) is 2.78. The van der Waals surface area contributed by atoms with Gasteiger partial charge in [-0.1, -0.05) is 18.2 Å². The number of rotatable bonds is 10. The van der Waals surface area contributed by atoms with Crippen LogP contribution in [-0.4, -0.2) is 66.3 Å². The zero-order valence-electron chi connectivity index (χ0n) is 20.3. The average molecular weight is 511 g/mol. The highest BCUT2D eigenvalue weighted by atomic mass is 32.2. The van der Waals surface area contributed by atoms with E-state index in [9.17, 15) is 18.3 Å². The lowest BCUT2D eigenvalue weighted by atomic mass is 9.94. The monoisotopic (exact) mass is 510 g/mol. The molecule has 0 bridgehead atoms. The molecular formula is C26H30N4O5S. The van der Waals surface area contributed by atoms with Crippen molar-refractivity contribution < 1.29 is 23.1 Å². The van der Waals surface area contributed by atoms with Gasteiger partial charge in [0.05, 0.1) is 24.1 Å². The van der Waals surface area contributed by atoms with Crippen molar-refractivity contribution in [3.63, 3.8) is 0 Å². The Morgan fingerprint density at radius 1 is 1.17 bits per heavy atom. The number of nitrogens with one attached hydrogen (secondary N) is 1. The Bertz CT molecular complexity index is 1330. The fourth-order valence-electron chi connectivity index (χ4n) is 4.49. The number of aromatic nitrogens is 2. The molecular weight excluding hydrogens is 480 g/mol. The molecule has 3 aromatic rings. The lowest BCUT2D eigenvalue weighted by Gasteiger charge is -2.24. The van der Waals surface area contributed by atoms with Gasteiger partial charge < -0.3 is 15.2 Å². The van der Waals surface area contributed by atoms with E-state index in [0.717, 1.165) is 22.3 Å². The van der Waals surface area contributed by atoms with Gasteiger partial charge in [-0.15, -0.1) is 0 Å². The van der Waals surface area contributed by atoms with Crippen molar-refractivity contribution in [3.05, 3.63) is 71.7 Å². The van der Waals surface area contributed by atoms with E-state index in [0.29, 0.717) is 24.4 Å². The van der Waals surface area contributed by atoms with E-state index in [2.05, 4.69) is 10.3 Å². The van der Waals surface area contributed by atoms with Crippen LogP contribution in [-0.2, 0) is 21.3 Å². The molecule has 0 saturated heterocycles. The summed E-state index contributed by atoms with van der Waals surface area (Å²) in [5.74, 6) is -0.426. The van der Waals surface area contributed by atoms with Gasteiger partial charge in [-0.25, -0.2) is 13.4 Å². The van der Waals surface area contributed by atoms with Crippen LogP contribution in [0.2, 0.25) is 0 Å². The highest BCUT2D eigenvalue weighted by Gasteiger charge is 2.40. The number of benzene rings is 1. The second kappa shape index (κ2) is 11.3. The van der Waals surface area contributed by atoms with E-state index in [1.807, 2.05) is 36.4 Å². The molecule has 36 heavy (non-hydrogen) atoms. The standard InChI is InChI=1S/C26H30N4O5S/c1-3-36(33,34)30-17-21-16-22(26(32)28-12-14-35-2)29-25(24(21)23(30)9-13-31)20-6-4-5-19(15-20)18-7-10-27-11-8-18/h4-8,10-11,15-16,23,31H,3,9,12-14,17H2,1-2H3,(H,28,32)/t23-/m0/s1. The maximum atomic E-state index is 13.0. The summed E-state index contributed by atoms with van der Waals surface area (Å²) in [5.41, 5.74) is 4.84. The molecule has 9 nitrogen and oxygen atoms in total. The molecule has 0 radical (unpaired) electrons. The molecule has 3 heterocycles. The van der Waals surface area contributed by atoms with Crippen LogP contribution in [0.4, 0.5) is 0 Å².